The van der Waals surface area contributed by atoms with Crippen molar-refractivity contribution in [1.29, 1.82) is 0 Å². The molecule has 5 heteroatoms. The molecule has 23 heavy (non-hydrogen) atoms. The Morgan fingerprint density at radius 1 is 1.35 bits per heavy atom. The van der Waals surface area contributed by atoms with Gasteiger partial charge in [0.2, 0.25) is 0 Å². The van der Waals surface area contributed by atoms with Crippen LogP contribution >= 0.6 is 11.6 Å². The molecule has 4 nitrogen and oxygen atoms in total. The smallest absolute Gasteiger partial charge is 0.255 e. The van der Waals surface area contributed by atoms with E-state index in [2.05, 4.69) is 31.2 Å². The zero-order chi connectivity index (χ0) is 17.0. The molecule has 0 aliphatic rings. The SMILES string of the molecule is CCCc1nn(-c2ccccc2Cl)c(C)c1C(=O)NCC(C)C. The van der Waals surface area contributed by atoms with E-state index >= 15 is 0 Å². The number of rotatable bonds is 6. The summed E-state index contributed by atoms with van der Waals surface area (Å²) in [5, 5.41) is 8.26. The molecule has 0 aliphatic heterocycles. The minimum absolute atomic E-state index is 0.0575. The topological polar surface area (TPSA) is 46.9 Å². The number of aromatic nitrogens is 2. The molecule has 1 amide bonds. The quantitative estimate of drug-likeness (QED) is 0.862. The van der Waals surface area contributed by atoms with E-state index in [4.69, 9.17) is 11.6 Å². The molecule has 1 aromatic carbocycles. The van der Waals surface area contributed by atoms with Crippen molar-refractivity contribution in [2.24, 2.45) is 5.92 Å². The summed E-state index contributed by atoms with van der Waals surface area (Å²) in [5.41, 5.74) is 3.12. The number of carbonyl (C=O) groups excluding carboxylic acids is 1. The highest BCUT2D eigenvalue weighted by Gasteiger charge is 2.22. The summed E-state index contributed by atoms with van der Waals surface area (Å²) in [6.45, 7) is 8.81. The molecule has 0 saturated heterocycles. The second kappa shape index (κ2) is 7.64. The molecule has 0 saturated carbocycles. The number of halogens is 1. The number of amides is 1. The second-order valence-corrected chi connectivity index (χ2v) is 6.53. The van der Waals surface area contributed by atoms with Gasteiger partial charge in [-0.2, -0.15) is 5.10 Å². The third-order valence-electron chi connectivity index (χ3n) is 3.65. The fourth-order valence-corrected chi connectivity index (χ4v) is 2.73. The van der Waals surface area contributed by atoms with Crippen LogP contribution in [-0.2, 0) is 6.42 Å². The first kappa shape index (κ1) is 17.5. The van der Waals surface area contributed by atoms with E-state index in [0.717, 1.165) is 29.9 Å². The largest absolute Gasteiger partial charge is 0.352 e. The molecule has 2 rings (SSSR count). The number of carbonyl (C=O) groups is 1. The zero-order valence-electron chi connectivity index (χ0n) is 14.2. The standard InChI is InChI=1S/C18H24ClN3O/c1-5-8-15-17(18(23)20-11-12(2)3)13(4)22(21-15)16-10-7-6-9-14(16)19/h6-7,9-10,12H,5,8,11H2,1-4H3,(H,20,23). The molecule has 0 bridgehead atoms. The van der Waals surface area contributed by atoms with Gasteiger partial charge in [-0.1, -0.05) is 50.9 Å². The summed E-state index contributed by atoms with van der Waals surface area (Å²) in [5.74, 6) is 0.352. The van der Waals surface area contributed by atoms with Crippen molar-refractivity contribution in [2.45, 2.75) is 40.5 Å². The molecule has 1 N–H and O–H groups in total. The molecule has 0 fully saturated rings. The van der Waals surface area contributed by atoms with Crippen LogP contribution in [0, 0.1) is 12.8 Å². The molecule has 0 atom stereocenters. The molecule has 1 aromatic heterocycles. The van der Waals surface area contributed by atoms with Crippen LogP contribution < -0.4 is 5.32 Å². The molecular weight excluding hydrogens is 310 g/mol. The van der Waals surface area contributed by atoms with Crippen molar-refractivity contribution < 1.29 is 4.79 Å². The van der Waals surface area contributed by atoms with Gasteiger partial charge in [-0.05, 0) is 31.4 Å². The fraction of sp³-hybridized carbons (Fsp3) is 0.444. The lowest BCUT2D eigenvalue weighted by Crippen LogP contribution is -2.28. The molecule has 124 valence electrons. The van der Waals surface area contributed by atoms with E-state index in [1.165, 1.54) is 0 Å². The average Bonchev–Trinajstić information content (AvgIpc) is 2.82. The number of aryl methyl sites for hydroxylation is 1. The first-order valence-corrected chi connectivity index (χ1v) is 8.45. The minimum Gasteiger partial charge on any atom is -0.352 e. The second-order valence-electron chi connectivity index (χ2n) is 6.12. The number of hydrogen-bond donors (Lipinski definition) is 1. The Hall–Kier alpha value is -1.81. The van der Waals surface area contributed by atoms with Gasteiger partial charge in [0.15, 0.2) is 0 Å². The number of nitrogens with one attached hydrogen (secondary N) is 1. The lowest BCUT2D eigenvalue weighted by Gasteiger charge is -2.09. The first-order valence-electron chi connectivity index (χ1n) is 8.07. The van der Waals surface area contributed by atoms with E-state index in [1.54, 1.807) is 4.68 Å². The Morgan fingerprint density at radius 3 is 2.65 bits per heavy atom. The normalized spacial score (nSPS) is 11.0. The van der Waals surface area contributed by atoms with Gasteiger partial charge < -0.3 is 5.32 Å². The maximum Gasteiger partial charge on any atom is 0.255 e. The zero-order valence-corrected chi connectivity index (χ0v) is 14.9. The number of hydrogen-bond acceptors (Lipinski definition) is 2. The molecular formula is C18H24ClN3O. The van der Waals surface area contributed by atoms with Gasteiger partial charge in [0.05, 0.1) is 27.7 Å². The molecule has 0 unspecified atom stereocenters. The average molecular weight is 334 g/mol. The summed E-state index contributed by atoms with van der Waals surface area (Å²) < 4.78 is 1.78. The highest BCUT2D eigenvalue weighted by atomic mass is 35.5. The molecule has 2 aromatic rings. The van der Waals surface area contributed by atoms with Gasteiger partial charge >= 0.3 is 0 Å². The molecule has 0 radical (unpaired) electrons. The third kappa shape index (κ3) is 3.94. The highest BCUT2D eigenvalue weighted by molar-refractivity contribution is 6.32. The Morgan fingerprint density at radius 2 is 2.04 bits per heavy atom. The summed E-state index contributed by atoms with van der Waals surface area (Å²) >= 11 is 6.29. The summed E-state index contributed by atoms with van der Waals surface area (Å²) in [4.78, 5) is 12.6. The van der Waals surface area contributed by atoms with Gasteiger partial charge in [-0.15, -0.1) is 0 Å². The Balaban J connectivity index is 2.45. The van der Waals surface area contributed by atoms with Crippen molar-refractivity contribution in [2.75, 3.05) is 6.54 Å². The van der Waals surface area contributed by atoms with Crippen LogP contribution in [-0.4, -0.2) is 22.2 Å². The number of benzene rings is 1. The van der Waals surface area contributed by atoms with Crippen molar-refractivity contribution in [3.8, 4) is 5.69 Å². The third-order valence-corrected chi connectivity index (χ3v) is 3.97. The van der Waals surface area contributed by atoms with Crippen molar-refractivity contribution in [1.82, 2.24) is 15.1 Å². The molecule has 0 aliphatic carbocycles. The predicted octanol–water partition coefficient (Wildman–Crippen LogP) is 4.17. The van der Waals surface area contributed by atoms with Crippen LogP contribution in [0.3, 0.4) is 0 Å². The summed E-state index contributed by atoms with van der Waals surface area (Å²) in [6.07, 6.45) is 1.70. The van der Waals surface area contributed by atoms with Crippen LogP contribution in [0.15, 0.2) is 24.3 Å². The van der Waals surface area contributed by atoms with E-state index in [0.29, 0.717) is 23.0 Å². The van der Waals surface area contributed by atoms with E-state index < -0.39 is 0 Å². The van der Waals surface area contributed by atoms with Gasteiger partial charge in [0, 0.05) is 6.54 Å². The van der Waals surface area contributed by atoms with Crippen LogP contribution in [0.5, 0.6) is 0 Å². The Bertz CT molecular complexity index is 692. The predicted molar refractivity (Wildman–Crippen MR) is 94.5 cm³/mol. The van der Waals surface area contributed by atoms with Crippen LogP contribution in [0.25, 0.3) is 5.69 Å². The van der Waals surface area contributed by atoms with Crippen LogP contribution in [0.4, 0.5) is 0 Å². The van der Waals surface area contributed by atoms with Gasteiger partial charge in [0.1, 0.15) is 0 Å². The fourth-order valence-electron chi connectivity index (χ4n) is 2.51. The number of nitrogens with zero attached hydrogens (tertiary/aromatic N) is 2. The van der Waals surface area contributed by atoms with Crippen LogP contribution in [0.2, 0.25) is 5.02 Å². The van der Waals surface area contributed by atoms with Gasteiger partial charge in [0.25, 0.3) is 5.91 Å². The monoisotopic (exact) mass is 333 g/mol. The number of para-hydroxylation sites is 1. The lowest BCUT2D eigenvalue weighted by atomic mass is 10.1. The maximum absolute atomic E-state index is 12.6. The summed E-state index contributed by atoms with van der Waals surface area (Å²) in [7, 11) is 0. The van der Waals surface area contributed by atoms with Crippen LogP contribution in [0.1, 0.15) is 48.9 Å². The van der Waals surface area contributed by atoms with Gasteiger partial charge in [-0.25, -0.2) is 4.68 Å². The van der Waals surface area contributed by atoms with E-state index in [-0.39, 0.29) is 5.91 Å². The lowest BCUT2D eigenvalue weighted by molar-refractivity contribution is 0.0947. The summed E-state index contributed by atoms with van der Waals surface area (Å²) in [6, 6.07) is 7.54. The van der Waals surface area contributed by atoms with Crippen molar-refractivity contribution in [3.63, 3.8) is 0 Å². The maximum atomic E-state index is 12.6. The minimum atomic E-state index is -0.0575. The van der Waals surface area contributed by atoms with E-state index in [1.807, 2.05) is 31.2 Å². The molecule has 0 spiro atoms. The Labute approximate surface area is 142 Å². The van der Waals surface area contributed by atoms with Crippen molar-refractivity contribution >= 4 is 17.5 Å². The van der Waals surface area contributed by atoms with Crippen molar-refractivity contribution in [3.05, 3.63) is 46.2 Å². The first-order chi connectivity index (χ1) is 11.0. The van der Waals surface area contributed by atoms with Gasteiger partial charge in [-0.3, -0.25) is 4.79 Å². The highest BCUT2D eigenvalue weighted by Crippen LogP contribution is 2.24. The Kier molecular flexibility index (Phi) is 5.83. The molecule has 1 heterocycles. The van der Waals surface area contributed by atoms with E-state index in [9.17, 15) is 4.79 Å².